The number of aromatic hydroxyl groups is 2. The van der Waals surface area contributed by atoms with Gasteiger partial charge in [-0.3, -0.25) is 62.4 Å². The minimum absolute atomic E-state index is 0.00895. The molecule has 1 saturated heterocycles. The summed E-state index contributed by atoms with van der Waals surface area (Å²) >= 11 is 0. The van der Waals surface area contributed by atoms with Gasteiger partial charge in [-0.05, 0) is 39.2 Å². The molecule has 30 nitrogen and oxygen atoms in total. The van der Waals surface area contributed by atoms with Crippen molar-refractivity contribution in [3.8, 4) is 17.2 Å². The largest absolute Gasteiger partial charge is 0.507 e. The second-order valence-electron chi connectivity index (χ2n) is 21.8. The fraction of sp³-hybridized carbons (Fsp3) is 0.544. The van der Waals surface area contributed by atoms with Crippen LogP contribution in [0, 0.1) is 5.92 Å². The lowest BCUT2D eigenvalue weighted by Crippen LogP contribution is -2.61. The molecule has 0 bridgehead atoms. The molecule has 0 aromatic heterocycles. The number of imide groups is 1. The van der Waals surface area contributed by atoms with Crippen molar-refractivity contribution in [1.82, 2.24) is 36.8 Å². The number of aliphatic hydroxyl groups is 3. The number of carbonyl (C=O) groups is 12. The molecule has 4 aliphatic rings. The van der Waals surface area contributed by atoms with Gasteiger partial charge in [-0.2, -0.15) is 0 Å². The highest BCUT2D eigenvalue weighted by Crippen LogP contribution is 2.52. The van der Waals surface area contributed by atoms with Crippen LogP contribution < -0.4 is 42.4 Å². The maximum absolute atomic E-state index is 14.2. The Kier molecular flexibility index (Phi) is 23.3. The fourth-order valence-electron chi connectivity index (χ4n) is 10.3. The van der Waals surface area contributed by atoms with Crippen molar-refractivity contribution in [2.75, 3.05) is 53.2 Å². The van der Waals surface area contributed by atoms with Crippen molar-refractivity contribution in [2.45, 2.75) is 140 Å². The van der Waals surface area contributed by atoms with E-state index in [1.807, 2.05) is 0 Å². The lowest BCUT2D eigenvalue weighted by Gasteiger charge is -2.43. The van der Waals surface area contributed by atoms with Crippen LogP contribution in [0.3, 0.4) is 0 Å². The maximum Gasteiger partial charge on any atom is 0.253 e. The Balaban J connectivity index is 1.02. The summed E-state index contributed by atoms with van der Waals surface area (Å²) in [5.74, 6) is -11.5. The van der Waals surface area contributed by atoms with Gasteiger partial charge in [-0.25, -0.2) is 0 Å². The van der Waals surface area contributed by atoms with Gasteiger partial charge in [0.2, 0.25) is 47.1 Å². The number of amides is 9. The molecule has 1 fully saturated rings. The van der Waals surface area contributed by atoms with Crippen molar-refractivity contribution in [3.05, 3.63) is 63.7 Å². The number of ether oxygens (including phenoxy) is 5. The molecule has 2 aromatic carbocycles. The number of nitrogens with two attached hydrogens (primary N) is 1. The number of nitrogens with one attached hydrogen (secondary N) is 6. The molecule has 10 atom stereocenters. The Hall–Kier alpha value is -8.26. The monoisotopic (exact) mass is 1220 g/mol. The Morgan fingerprint density at radius 2 is 1.41 bits per heavy atom. The summed E-state index contributed by atoms with van der Waals surface area (Å²) in [6.07, 6.45) is -6.31. The topological polar surface area (TPSA) is 454 Å². The summed E-state index contributed by atoms with van der Waals surface area (Å²) in [5, 5.41) is 71.7. The number of phenolic OH excluding ortho intramolecular Hbond substituents is 2. The molecular formula is C57H74N8O22. The Labute approximate surface area is 498 Å². The molecule has 2 aromatic rings. The number of carbonyl (C=O) groups excluding carboxylic acids is 12. The quantitative estimate of drug-likeness (QED) is 0.0179. The second-order valence-corrected chi connectivity index (χ2v) is 21.8. The molecule has 2 heterocycles. The first-order chi connectivity index (χ1) is 41.1. The standard InChI is InChI=1S/C57H74N8O22/c1-26(2)20-33(64-56(81)34(21-38(58)68)63-54(79)28(4)61-53(78)27(3)60-40(70)13-16-84-18-19-85-17-14-59-39(69)12-15-65-41(71)10-11-42(65)72)55(80)62-32-22-43(86-29(5)48(32)73)87-36-24-57(82,37(67)25-66)23-31-45(36)52(77)47-46(50(31)75)49(74)30-8-7-9-35(83-6)44(30)51(47)76/h7-11,26-29,32-34,36,43,48,66,73,75,77,82H,12-25H2,1-6H3,(H2,58,68)(H,59,69)(H,60,70)(H,61,78)(H,62,80)(H,63,79)(H,64,81)/t27-,28-,29+,32+,33?,34-,36+,43+,48-,57+/m1/s1. The highest BCUT2D eigenvalue weighted by Gasteiger charge is 2.51. The number of aliphatic hydroxyl groups excluding tert-OH is 2. The number of hydrogen-bond acceptors (Lipinski definition) is 22. The van der Waals surface area contributed by atoms with Crippen LogP contribution in [-0.2, 0) is 73.3 Å². The Morgan fingerprint density at radius 3 is 2.06 bits per heavy atom. The lowest BCUT2D eigenvalue weighted by atomic mass is 9.72. The number of rotatable bonds is 30. The minimum Gasteiger partial charge on any atom is -0.507 e. The van der Waals surface area contributed by atoms with Crippen molar-refractivity contribution in [3.63, 3.8) is 0 Å². The summed E-state index contributed by atoms with van der Waals surface area (Å²) < 4.78 is 28.4. The van der Waals surface area contributed by atoms with Gasteiger partial charge in [0.05, 0.1) is 74.9 Å². The molecular weight excluding hydrogens is 1150 g/mol. The first-order valence-electron chi connectivity index (χ1n) is 28.1. The van der Waals surface area contributed by atoms with E-state index in [0.717, 1.165) is 17.1 Å². The highest BCUT2D eigenvalue weighted by atomic mass is 16.7. The van der Waals surface area contributed by atoms with Gasteiger partial charge in [0, 0.05) is 74.0 Å². The van der Waals surface area contributed by atoms with Gasteiger partial charge in [0.25, 0.3) is 11.8 Å². The minimum atomic E-state index is -2.48. The smallest absolute Gasteiger partial charge is 0.253 e. The van der Waals surface area contributed by atoms with Gasteiger partial charge in [-0.15, -0.1) is 0 Å². The van der Waals surface area contributed by atoms with Gasteiger partial charge < -0.3 is 86.9 Å². The molecule has 1 unspecified atom stereocenters. The van der Waals surface area contributed by atoms with Crippen LogP contribution in [0.25, 0.3) is 0 Å². The molecule has 474 valence electrons. The number of methoxy groups -OCH3 is 1. The van der Waals surface area contributed by atoms with E-state index in [1.165, 1.54) is 46.1 Å². The zero-order chi connectivity index (χ0) is 64.2. The zero-order valence-corrected chi connectivity index (χ0v) is 48.8. The maximum atomic E-state index is 14.2. The second kappa shape index (κ2) is 29.9. The zero-order valence-electron chi connectivity index (χ0n) is 48.8. The summed E-state index contributed by atoms with van der Waals surface area (Å²) in [6, 6.07) is -2.69. The molecule has 13 N–H and O–H groups in total. The molecule has 2 aliphatic heterocycles. The number of primary amides is 1. The van der Waals surface area contributed by atoms with E-state index in [2.05, 4.69) is 31.9 Å². The van der Waals surface area contributed by atoms with E-state index < -0.39 is 174 Å². The molecule has 9 amide bonds. The summed E-state index contributed by atoms with van der Waals surface area (Å²) in [7, 11) is 1.26. The predicted molar refractivity (Wildman–Crippen MR) is 298 cm³/mol. The summed E-state index contributed by atoms with van der Waals surface area (Å²) in [6.45, 7) is 6.71. The van der Waals surface area contributed by atoms with E-state index in [1.54, 1.807) is 13.8 Å². The average molecular weight is 1220 g/mol. The lowest BCUT2D eigenvalue weighted by molar-refractivity contribution is -0.249. The normalized spacial score (nSPS) is 21.8. The third-order valence-electron chi connectivity index (χ3n) is 14.9. The van der Waals surface area contributed by atoms with Crippen LogP contribution in [0.2, 0.25) is 0 Å². The number of benzene rings is 2. The van der Waals surface area contributed by atoms with Crippen LogP contribution in [0.15, 0.2) is 30.4 Å². The van der Waals surface area contributed by atoms with Gasteiger partial charge in [0.1, 0.15) is 59.7 Å². The number of Topliss-reactive ketones (excluding diaryl/α,β-unsaturated/α-hetero) is 1. The van der Waals surface area contributed by atoms with Crippen molar-refractivity contribution in [2.24, 2.45) is 11.7 Å². The molecule has 0 radical (unpaired) electrons. The summed E-state index contributed by atoms with van der Waals surface area (Å²) in [4.78, 5) is 157. The van der Waals surface area contributed by atoms with E-state index in [-0.39, 0.29) is 105 Å². The highest BCUT2D eigenvalue weighted by molar-refractivity contribution is 6.31. The van der Waals surface area contributed by atoms with Crippen molar-refractivity contribution in [1.29, 1.82) is 0 Å². The Morgan fingerprint density at radius 1 is 0.782 bits per heavy atom. The third-order valence-corrected chi connectivity index (χ3v) is 14.9. The SMILES string of the molecule is COc1cccc2c1C(=O)c1c(O)c3c(c(O)c1C2=O)C[C@@](O)(C(=O)CO)C[C@@H]3O[C@H]1C[C@H](NC(=O)C(CC(C)C)NC(=O)[C@@H](CC(N)=O)NC(=O)[C@@H](C)NC(=O)[C@@H](C)NC(=O)CCOCCOCCNC(=O)CCN2C(=O)C=CC2=O)[C@H](O)[C@H](C)O1. The van der Waals surface area contributed by atoms with Crippen molar-refractivity contribution < 1.29 is 107 Å². The van der Waals surface area contributed by atoms with E-state index >= 15 is 0 Å². The summed E-state index contributed by atoms with van der Waals surface area (Å²) in [5.41, 5.74) is 0.730. The number of fused-ring (bicyclic) bond motifs is 3. The third kappa shape index (κ3) is 16.6. The fourth-order valence-corrected chi connectivity index (χ4v) is 10.3. The molecule has 87 heavy (non-hydrogen) atoms. The average Bonchev–Trinajstić information content (AvgIpc) is 0.984. The first kappa shape index (κ1) is 67.9. The number of nitrogens with zero attached hydrogens (tertiary/aromatic N) is 1. The van der Waals surface area contributed by atoms with E-state index in [4.69, 9.17) is 29.4 Å². The van der Waals surface area contributed by atoms with Crippen LogP contribution in [0.5, 0.6) is 17.2 Å². The Bertz CT molecular complexity index is 3040. The van der Waals surface area contributed by atoms with Crippen LogP contribution in [0.4, 0.5) is 0 Å². The van der Waals surface area contributed by atoms with Crippen molar-refractivity contribution >= 4 is 70.5 Å². The van der Waals surface area contributed by atoms with Crippen LogP contribution in [-0.4, -0.2) is 208 Å². The van der Waals surface area contributed by atoms with Crippen LogP contribution >= 0.6 is 0 Å². The van der Waals surface area contributed by atoms with Gasteiger partial charge in [-0.1, -0.05) is 26.0 Å². The van der Waals surface area contributed by atoms with E-state index in [0.29, 0.717) is 0 Å². The molecule has 0 saturated carbocycles. The van der Waals surface area contributed by atoms with Crippen LogP contribution in [0.1, 0.15) is 122 Å². The molecule has 2 aliphatic carbocycles. The van der Waals surface area contributed by atoms with E-state index in [9.17, 15) is 83.1 Å². The first-order valence-corrected chi connectivity index (χ1v) is 28.1. The number of ketones is 3. The number of hydrogen-bond donors (Lipinski definition) is 12. The molecule has 30 heteroatoms. The van der Waals surface area contributed by atoms with Gasteiger partial charge in [0.15, 0.2) is 17.9 Å². The predicted octanol–water partition coefficient (Wildman–Crippen LogP) is -3.09. The molecule has 6 rings (SSSR count). The van der Waals surface area contributed by atoms with Gasteiger partial charge >= 0.3 is 0 Å². The molecule has 0 spiro atoms. The number of phenols is 2.